The van der Waals surface area contributed by atoms with Gasteiger partial charge in [0.2, 0.25) is 0 Å². The number of ether oxygens (including phenoxy) is 7. The van der Waals surface area contributed by atoms with Crippen LogP contribution in [0.2, 0.25) is 0 Å². The summed E-state index contributed by atoms with van der Waals surface area (Å²) in [5, 5.41) is 0. The number of nitrogens with zero attached hydrogens (tertiary/aromatic N) is 1. The molecule has 0 spiro atoms. The number of carbonyl (C=O) groups excluding carboxylic acids is 2. The van der Waals surface area contributed by atoms with Crippen LogP contribution in [0.1, 0.15) is 45.4 Å². The lowest BCUT2D eigenvalue weighted by molar-refractivity contribution is -0.137. The first kappa shape index (κ1) is 32.6. The summed E-state index contributed by atoms with van der Waals surface area (Å²) in [5.74, 6) is -0.595. The minimum Gasteiger partial charge on any atom is -0.379 e. The van der Waals surface area contributed by atoms with Crippen LogP contribution in [0.15, 0.2) is 12.2 Å². The van der Waals surface area contributed by atoms with Gasteiger partial charge >= 0.3 is 0 Å². The van der Waals surface area contributed by atoms with E-state index in [1.165, 1.54) is 44.3 Å². The molecule has 0 atom stereocenters. The Morgan fingerprint density at radius 2 is 0.806 bits per heavy atom. The number of imide groups is 1. The molecule has 0 bridgehead atoms. The predicted molar refractivity (Wildman–Crippen MR) is 135 cm³/mol. The molecule has 10 nitrogen and oxygen atoms in total. The molecule has 1 heterocycles. The van der Waals surface area contributed by atoms with Crippen molar-refractivity contribution in [3.8, 4) is 0 Å². The highest BCUT2D eigenvalue weighted by Gasteiger charge is 2.22. The number of carbonyl (C=O) groups is 2. The molecule has 0 aliphatic carbocycles. The molecule has 0 N–H and O–H groups in total. The Hall–Kier alpha value is -1.40. The monoisotopic (exact) mass is 517 g/mol. The van der Waals surface area contributed by atoms with Crippen molar-refractivity contribution in [3.05, 3.63) is 12.2 Å². The lowest BCUT2D eigenvalue weighted by Crippen LogP contribution is -2.33. The summed E-state index contributed by atoms with van der Waals surface area (Å²) < 4.78 is 38.1. The normalized spacial score (nSPS) is 13.4. The van der Waals surface area contributed by atoms with Gasteiger partial charge in [-0.1, -0.05) is 39.0 Å². The average molecular weight is 518 g/mol. The molecule has 0 saturated heterocycles. The van der Waals surface area contributed by atoms with Crippen LogP contribution in [0.5, 0.6) is 0 Å². The molecule has 0 unspecified atom stereocenters. The Morgan fingerprint density at radius 3 is 1.22 bits per heavy atom. The third-order valence-electron chi connectivity index (χ3n) is 5.23. The second-order valence-corrected chi connectivity index (χ2v) is 8.22. The predicted octanol–water partition coefficient (Wildman–Crippen LogP) is 2.39. The molecule has 0 aromatic rings. The van der Waals surface area contributed by atoms with Gasteiger partial charge in [0.1, 0.15) is 0 Å². The number of hydrogen-bond donors (Lipinski definition) is 0. The van der Waals surface area contributed by atoms with E-state index < -0.39 is 0 Å². The molecular formula is C26H47NO9. The minimum atomic E-state index is -0.297. The van der Waals surface area contributed by atoms with Crippen LogP contribution < -0.4 is 0 Å². The second-order valence-electron chi connectivity index (χ2n) is 8.22. The molecule has 0 saturated carbocycles. The van der Waals surface area contributed by atoms with Gasteiger partial charge in [-0.3, -0.25) is 14.5 Å². The highest BCUT2D eigenvalue weighted by molar-refractivity contribution is 6.12. The number of rotatable bonds is 28. The number of hydrogen-bond acceptors (Lipinski definition) is 9. The maximum atomic E-state index is 11.4. The van der Waals surface area contributed by atoms with Crippen LogP contribution in [0.3, 0.4) is 0 Å². The van der Waals surface area contributed by atoms with Crippen LogP contribution in [-0.2, 0) is 42.7 Å². The van der Waals surface area contributed by atoms with Gasteiger partial charge in [-0.2, -0.15) is 0 Å². The summed E-state index contributed by atoms with van der Waals surface area (Å²) in [6.45, 7) is 9.74. The fourth-order valence-corrected chi connectivity index (χ4v) is 3.21. The van der Waals surface area contributed by atoms with E-state index in [4.69, 9.17) is 33.2 Å². The van der Waals surface area contributed by atoms with Crippen LogP contribution in [0, 0.1) is 0 Å². The van der Waals surface area contributed by atoms with E-state index in [1.54, 1.807) is 0 Å². The first-order valence-corrected chi connectivity index (χ1v) is 13.3. The largest absolute Gasteiger partial charge is 0.379 e. The summed E-state index contributed by atoms with van der Waals surface area (Å²) in [6.07, 6.45) is 10.2. The van der Waals surface area contributed by atoms with Crippen molar-refractivity contribution in [1.29, 1.82) is 0 Å². The average Bonchev–Trinajstić information content (AvgIpc) is 3.20. The molecule has 1 aliphatic heterocycles. The van der Waals surface area contributed by atoms with Gasteiger partial charge in [0.25, 0.3) is 11.8 Å². The van der Waals surface area contributed by atoms with E-state index in [1.807, 2.05) is 0 Å². The van der Waals surface area contributed by atoms with Gasteiger partial charge < -0.3 is 33.2 Å². The van der Waals surface area contributed by atoms with E-state index in [0.29, 0.717) is 85.9 Å². The Labute approximate surface area is 216 Å². The Morgan fingerprint density at radius 1 is 0.472 bits per heavy atom. The van der Waals surface area contributed by atoms with E-state index >= 15 is 0 Å². The Balaban J connectivity index is 1.65. The van der Waals surface area contributed by atoms with E-state index in [-0.39, 0.29) is 18.4 Å². The zero-order chi connectivity index (χ0) is 25.9. The lowest BCUT2D eigenvalue weighted by atomic mass is 10.1. The van der Waals surface area contributed by atoms with Crippen molar-refractivity contribution >= 4 is 11.8 Å². The van der Waals surface area contributed by atoms with Gasteiger partial charge in [0, 0.05) is 18.8 Å². The zero-order valence-electron chi connectivity index (χ0n) is 22.1. The van der Waals surface area contributed by atoms with Crippen LogP contribution in [0.25, 0.3) is 0 Å². The highest BCUT2D eigenvalue weighted by Crippen LogP contribution is 2.05. The van der Waals surface area contributed by atoms with Crippen LogP contribution >= 0.6 is 0 Å². The van der Waals surface area contributed by atoms with E-state index in [9.17, 15) is 9.59 Å². The summed E-state index contributed by atoms with van der Waals surface area (Å²) >= 11 is 0. The van der Waals surface area contributed by atoms with Crippen LogP contribution in [0.4, 0.5) is 0 Å². The fraction of sp³-hybridized carbons (Fsp3) is 0.846. The quantitative estimate of drug-likeness (QED) is 0.114. The molecule has 0 aromatic carbocycles. The Bertz CT molecular complexity index is 542. The number of unbranched alkanes of at least 4 members (excludes halogenated alkanes) is 5. The molecule has 2 amide bonds. The van der Waals surface area contributed by atoms with E-state index in [0.717, 1.165) is 17.9 Å². The second kappa shape index (κ2) is 25.3. The number of amides is 2. The summed E-state index contributed by atoms with van der Waals surface area (Å²) in [6, 6.07) is 0. The standard InChI is InChI=1S/C26H47NO9/c1-2-3-4-5-6-7-11-30-13-15-32-17-19-34-21-23-36-24-22-35-20-18-33-16-14-31-12-10-27-25(28)8-9-26(27)29/h8-9H,2-7,10-24H2,1H3. The van der Waals surface area contributed by atoms with Crippen molar-refractivity contribution in [3.63, 3.8) is 0 Å². The maximum Gasteiger partial charge on any atom is 0.253 e. The van der Waals surface area contributed by atoms with Crippen LogP contribution in [-0.4, -0.2) is 116 Å². The molecule has 0 radical (unpaired) electrons. The van der Waals surface area contributed by atoms with E-state index in [2.05, 4.69) is 6.92 Å². The van der Waals surface area contributed by atoms with Gasteiger partial charge in [-0.25, -0.2) is 0 Å². The molecule has 10 heteroatoms. The zero-order valence-corrected chi connectivity index (χ0v) is 22.1. The summed E-state index contributed by atoms with van der Waals surface area (Å²) in [5.41, 5.74) is 0. The van der Waals surface area contributed by atoms with Crippen molar-refractivity contribution in [2.24, 2.45) is 0 Å². The first-order chi connectivity index (χ1) is 17.8. The van der Waals surface area contributed by atoms with Gasteiger partial charge in [-0.05, 0) is 6.42 Å². The van der Waals surface area contributed by atoms with Gasteiger partial charge in [0.05, 0.1) is 92.4 Å². The molecule has 1 aliphatic rings. The highest BCUT2D eigenvalue weighted by atomic mass is 16.6. The smallest absolute Gasteiger partial charge is 0.253 e. The molecule has 0 aromatic heterocycles. The molecular weight excluding hydrogens is 470 g/mol. The van der Waals surface area contributed by atoms with Crippen molar-refractivity contribution in [2.45, 2.75) is 45.4 Å². The maximum absolute atomic E-state index is 11.4. The SMILES string of the molecule is CCCCCCCCOCCOCCOCCOCCOCCOCCOCCN1C(=O)C=CC1=O. The minimum absolute atomic E-state index is 0.251. The molecule has 0 fully saturated rings. The summed E-state index contributed by atoms with van der Waals surface area (Å²) in [4.78, 5) is 23.9. The molecule has 36 heavy (non-hydrogen) atoms. The van der Waals surface area contributed by atoms with Gasteiger partial charge in [0.15, 0.2) is 0 Å². The van der Waals surface area contributed by atoms with Crippen molar-refractivity contribution in [2.75, 3.05) is 99.0 Å². The third kappa shape index (κ3) is 19.7. The van der Waals surface area contributed by atoms with Gasteiger partial charge in [-0.15, -0.1) is 0 Å². The topological polar surface area (TPSA) is 102 Å². The Kier molecular flexibility index (Phi) is 22.9. The summed E-state index contributed by atoms with van der Waals surface area (Å²) in [7, 11) is 0. The third-order valence-corrected chi connectivity index (χ3v) is 5.23. The molecule has 210 valence electrons. The van der Waals surface area contributed by atoms with Crippen molar-refractivity contribution in [1.82, 2.24) is 4.90 Å². The fourth-order valence-electron chi connectivity index (χ4n) is 3.21. The lowest BCUT2D eigenvalue weighted by Gasteiger charge is -2.13. The first-order valence-electron chi connectivity index (χ1n) is 13.3. The van der Waals surface area contributed by atoms with Crippen molar-refractivity contribution < 1.29 is 42.7 Å². The molecule has 1 rings (SSSR count).